The molecule has 0 bridgehead atoms. The predicted molar refractivity (Wildman–Crippen MR) is 139 cm³/mol. The van der Waals surface area contributed by atoms with Crippen LogP contribution in [-0.2, 0) is 9.53 Å². The lowest BCUT2D eigenvalue weighted by Crippen LogP contribution is -2.48. The molecule has 2 saturated heterocycles. The van der Waals surface area contributed by atoms with Crippen LogP contribution in [0.15, 0.2) is 23.6 Å². The highest BCUT2D eigenvalue weighted by Crippen LogP contribution is 2.35. The Morgan fingerprint density at radius 1 is 1.19 bits per heavy atom. The van der Waals surface area contributed by atoms with E-state index in [1.807, 2.05) is 42.3 Å². The van der Waals surface area contributed by atoms with E-state index >= 15 is 0 Å². The van der Waals surface area contributed by atoms with E-state index in [-0.39, 0.29) is 11.9 Å². The van der Waals surface area contributed by atoms with Gasteiger partial charge in [-0.3, -0.25) is 9.69 Å². The smallest absolute Gasteiger partial charge is 0.236 e. The minimum atomic E-state index is 0.186. The maximum Gasteiger partial charge on any atom is 0.236 e. The van der Waals surface area contributed by atoms with Gasteiger partial charge in [0.1, 0.15) is 10.6 Å². The molecule has 0 aliphatic carbocycles. The van der Waals surface area contributed by atoms with Crippen LogP contribution < -0.4 is 10.1 Å². The molecule has 5 rings (SSSR count). The summed E-state index contributed by atoms with van der Waals surface area (Å²) in [5, 5.41) is 15.6. The number of amides is 1. The second-order valence-corrected chi connectivity index (χ2v) is 10.2. The van der Waals surface area contributed by atoms with Crippen LogP contribution in [0, 0.1) is 25.2 Å². The van der Waals surface area contributed by atoms with Crippen LogP contribution in [0.4, 0.5) is 5.95 Å². The molecule has 4 heterocycles. The summed E-state index contributed by atoms with van der Waals surface area (Å²) in [4.78, 5) is 27.0. The molecule has 1 aromatic carbocycles. The molecular formula is C26H30N6O3S. The first-order chi connectivity index (χ1) is 17.5. The Balaban J connectivity index is 1.25. The van der Waals surface area contributed by atoms with Gasteiger partial charge in [0.05, 0.1) is 36.8 Å². The van der Waals surface area contributed by atoms with Gasteiger partial charge in [-0.25, -0.2) is 4.98 Å². The average Bonchev–Trinajstić information content (AvgIpc) is 3.36. The zero-order valence-electron chi connectivity index (χ0n) is 20.6. The third-order valence-corrected chi connectivity index (χ3v) is 7.53. The molecule has 2 aliphatic rings. The van der Waals surface area contributed by atoms with Gasteiger partial charge in [-0.05, 0) is 61.4 Å². The molecule has 188 valence electrons. The van der Waals surface area contributed by atoms with Gasteiger partial charge in [-0.2, -0.15) is 10.2 Å². The van der Waals surface area contributed by atoms with E-state index in [0.29, 0.717) is 56.0 Å². The maximum atomic E-state index is 12.6. The van der Waals surface area contributed by atoms with Gasteiger partial charge in [0.15, 0.2) is 0 Å². The van der Waals surface area contributed by atoms with Gasteiger partial charge >= 0.3 is 0 Å². The number of hydrogen-bond acceptors (Lipinski definition) is 9. The normalized spacial score (nSPS) is 17.2. The van der Waals surface area contributed by atoms with Crippen molar-refractivity contribution < 1.29 is 14.3 Å². The number of ether oxygens (including phenoxy) is 2. The minimum Gasteiger partial charge on any atom is -0.438 e. The number of morpholine rings is 1. The van der Waals surface area contributed by atoms with E-state index in [4.69, 9.17) is 19.4 Å². The summed E-state index contributed by atoms with van der Waals surface area (Å²) in [5.74, 6) is 1.95. The topological polar surface area (TPSA) is 104 Å². The van der Waals surface area contributed by atoms with E-state index in [0.717, 1.165) is 47.3 Å². The third kappa shape index (κ3) is 5.43. The van der Waals surface area contributed by atoms with Crippen molar-refractivity contribution in [3.63, 3.8) is 0 Å². The largest absolute Gasteiger partial charge is 0.438 e. The average molecular weight is 507 g/mol. The first-order valence-electron chi connectivity index (χ1n) is 12.3. The van der Waals surface area contributed by atoms with Crippen molar-refractivity contribution in [2.45, 2.75) is 32.7 Å². The summed E-state index contributed by atoms with van der Waals surface area (Å²) in [6.45, 7) is 8.66. The second-order valence-electron chi connectivity index (χ2n) is 9.33. The molecule has 0 radical (unpaired) electrons. The molecule has 9 nitrogen and oxygen atoms in total. The fourth-order valence-electron chi connectivity index (χ4n) is 4.77. The maximum absolute atomic E-state index is 12.6. The molecule has 10 heteroatoms. The number of aryl methyl sites for hydroxylation is 2. The van der Waals surface area contributed by atoms with Crippen LogP contribution in [0.5, 0.6) is 11.6 Å². The van der Waals surface area contributed by atoms with Crippen molar-refractivity contribution in [1.29, 1.82) is 5.26 Å². The number of carbonyl (C=O) groups excluding carboxylic acids is 1. The number of rotatable bonds is 6. The Labute approximate surface area is 214 Å². The van der Waals surface area contributed by atoms with Gasteiger partial charge in [-0.15, -0.1) is 11.3 Å². The zero-order valence-corrected chi connectivity index (χ0v) is 21.4. The molecule has 2 fully saturated rings. The lowest BCUT2D eigenvalue weighted by atomic mass is 10.1. The lowest BCUT2D eigenvalue weighted by molar-refractivity contribution is -0.136. The van der Waals surface area contributed by atoms with Crippen molar-refractivity contribution in [3.05, 3.63) is 40.3 Å². The summed E-state index contributed by atoms with van der Waals surface area (Å²) in [6.07, 6.45) is 1.82. The van der Waals surface area contributed by atoms with Gasteiger partial charge in [0.2, 0.25) is 17.7 Å². The lowest BCUT2D eigenvalue weighted by Gasteiger charge is -2.34. The molecule has 0 atom stereocenters. The van der Waals surface area contributed by atoms with E-state index < -0.39 is 0 Å². The number of piperidine rings is 1. The van der Waals surface area contributed by atoms with Crippen LogP contribution >= 0.6 is 11.3 Å². The summed E-state index contributed by atoms with van der Waals surface area (Å²) >= 11 is 1.55. The molecule has 0 saturated carbocycles. The van der Waals surface area contributed by atoms with Crippen molar-refractivity contribution in [1.82, 2.24) is 19.8 Å². The first kappa shape index (κ1) is 24.4. The third-order valence-electron chi connectivity index (χ3n) is 6.72. The Morgan fingerprint density at radius 2 is 1.92 bits per heavy atom. The fourth-order valence-corrected chi connectivity index (χ4v) is 5.52. The Hall–Kier alpha value is -3.26. The highest BCUT2D eigenvalue weighted by Gasteiger charge is 2.25. The quantitative estimate of drug-likeness (QED) is 0.540. The number of nitrogens with zero attached hydrogens (tertiary/aromatic N) is 5. The predicted octanol–water partition coefficient (Wildman–Crippen LogP) is 3.71. The van der Waals surface area contributed by atoms with Crippen molar-refractivity contribution in [3.8, 4) is 17.7 Å². The molecule has 2 aromatic heterocycles. The number of carbonyl (C=O) groups is 1. The summed E-state index contributed by atoms with van der Waals surface area (Å²) in [7, 11) is 0. The highest BCUT2D eigenvalue weighted by atomic mass is 32.1. The molecular weight excluding hydrogens is 476 g/mol. The second kappa shape index (κ2) is 10.8. The van der Waals surface area contributed by atoms with Gasteiger partial charge in [0.25, 0.3) is 0 Å². The van der Waals surface area contributed by atoms with Gasteiger partial charge in [-0.1, -0.05) is 0 Å². The number of nitrogens with one attached hydrogen (secondary N) is 1. The molecule has 1 N–H and O–H groups in total. The molecule has 0 unspecified atom stereocenters. The van der Waals surface area contributed by atoms with Crippen molar-refractivity contribution in [2.24, 2.45) is 0 Å². The number of benzene rings is 1. The number of nitriles is 1. The first-order valence-corrected chi connectivity index (χ1v) is 13.2. The van der Waals surface area contributed by atoms with Crippen LogP contribution in [0.1, 0.15) is 29.5 Å². The number of thiophene rings is 1. The SMILES string of the molecule is Cc1cc(C#N)cc(C)c1Oc1nc(NC2CCN(CC(=O)N3CCOCC3)CC2)nc2sccc12. The summed E-state index contributed by atoms with van der Waals surface area (Å²) in [5.41, 5.74) is 2.39. The van der Waals surface area contributed by atoms with E-state index in [1.54, 1.807) is 11.3 Å². The van der Waals surface area contributed by atoms with Gasteiger partial charge < -0.3 is 19.7 Å². The summed E-state index contributed by atoms with van der Waals surface area (Å²) in [6, 6.07) is 8.03. The number of likely N-dealkylation sites (tertiary alicyclic amines) is 1. The van der Waals surface area contributed by atoms with E-state index in [9.17, 15) is 10.1 Å². The number of fused-ring (bicyclic) bond motifs is 1. The Bertz CT molecular complexity index is 1270. The number of aromatic nitrogens is 2. The molecule has 0 spiro atoms. The molecule has 3 aromatic rings. The number of hydrogen-bond donors (Lipinski definition) is 1. The van der Waals surface area contributed by atoms with Crippen LogP contribution in [-0.4, -0.2) is 77.7 Å². The summed E-state index contributed by atoms with van der Waals surface area (Å²) < 4.78 is 11.7. The molecule has 1 amide bonds. The van der Waals surface area contributed by atoms with Crippen molar-refractivity contribution in [2.75, 3.05) is 51.3 Å². The standard InChI is InChI=1S/C26H30N6O3S/c1-17-13-19(15-27)14-18(2)23(17)35-24-21-5-12-36-25(21)30-26(29-24)28-20-3-6-31(7-4-20)16-22(33)32-8-10-34-11-9-32/h5,12-14,20H,3-4,6-11,16H2,1-2H3,(H,28,29,30). The molecule has 36 heavy (non-hydrogen) atoms. The monoisotopic (exact) mass is 506 g/mol. The molecule has 2 aliphatic heterocycles. The highest BCUT2D eigenvalue weighted by molar-refractivity contribution is 7.16. The van der Waals surface area contributed by atoms with E-state index in [1.165, 1.54) is 0 Å². The number of anilines is 1. The fraction of sp³-hybridized carbons (Fsp3) is 0.462. The van der Waals surface area contributed by atoms with Crippen molar-refractivity contribution >= 4 is 33.4 Å². The minimum absolute atomic E-state index is 0.186. The zero-order chi connectivity index (χ0) is 25.1. The Morgan fingerprint density at radius 3 is 2.61 bits per heavy atom. The van der Waals surface area contributed by atoms with Crippen LogP contribution in [0.25, 0.3) is 10.2 Å². The van der Waals surface area contributed by atoms with Gasteiger partial charge in [0, 0.05) is 32.2 Å². The Kier molecular flexibility index (Phi) is 7.32. The van der Waals surface area contributed by atoms with E-state index in [2.05, 4.69) is 16.3 Å². The van der Waals surface area contributed by atoms with Crippen LogP contribution in [0.2, 0.25) is 0 Å². The van der Waals surface area contributed by atoms with Crippen LogP contribution in [0.3, 0.4) is 0 Å².